The third-order valence-electron chi connectivity index (χ3n) is 3.25. The maximum absolute atomic E-state index is 12.6. The van der Waals surface area contributed by atoms with E-state index in [1.807, 2.05) is 0 Å². The molecule has 0 amide bonds. The molecule has 0 atom stereocenters. The van der Waals surface area contributed by atoms with Crippen molar-refractivity contribution in [3.8, 4) is 0 Å². The molecule has 6 nitrogen and oxygen atoms in total. The smallest absolute Gasteiger partial charge is 0.397 e. The van der Waals surface area contributed by atoms with E-state index in [4.69, 9.17) is 28.9 Å². The highest BCUT2D eigenvalue weighted by molar-refractivity contribution is 6.40. The molecule has 28 heavy (non-hydrogen) atoms. The second kappa shape index (κ2) is 9.95. The van der Waals surface area contributed by atoms with E-state index in [-0.39, 0.29) is 11.3 Å². The zero-order valence-corrected chi connectivity index (χ0v) is 15.7. The van der Waals surface area contributed by atoms with Gasteiger partial charge in [0.05, 0.1) is 28.5 Å². The van der Waals surface area contributed by atoms with Crippen LogP contribution < -0.4 is 16.4 Å². The summed E-state index contributed by atoms with van der Waals surface area (Å²) < 4.78 is 37.7. The minimum Gasteiger partial charge on any atom is -0.397 e. The highest BCUT2D eigenvalue weighted by Gasteiger charge is 2.29. The van der Waals surface area contributed by atoms with E-state index in [1.54, 1.807) is 24.3 Å². The molecule has 0 aliphatic carbocycles. The highest BCUT2D eigenvalue weighted by Crippen LogP contribution is 2.30. The Bertz CT molecular complexity index is 891. The van der Waals surface area contributed by atoms with E-state index in [2.05, 4.69) is 25.8 Å². The molecule has 4 N–H and O–H groups in total. The number of nitrogens with one attached hydrogen (secondary N) is 2. The van der Waals surface area contributed by atoms with Crippen LogP contribution in [0.2, 0.25) is 0 Å². The first-order valence-electron chi connectivity index (χ1n) is 7.71. The van der Waals surface area contributed by atoms with Gasteiger partial charge in [-0.3, -0.25) is 0 Å². The summed E-state index contributed by atoms with van der Waals surface area (Å²) in [4.78, 5) is 4.20. The molecule has 3 aromatic rings. The summed E-state index contributed by atoms with van der Waals surface area (Å²) in [6, 6.07) is 11.7. The van der Waals surface area contributed by atoms with Gasteiger partial charge in [-0.1, -0.05) is 12.1 Å². The number of hydrogen-bond acceptors (Lipinski definition) is 6. The number of anilines is 5. The van der Waals surface area contributed by atoms with Crippen LogP contribution in [0.5, 0.6) is 0 Å². The Labute approximate surface area is 168 Å². The average Bonchev–Trinajstić information content (AvgIpc) is 2.64. The van der Waals surface area contributed by atoms with E-state index in [0.29, 0.717) is 22.9 Å². The van der Waals surface area contributed by atoms with Gasteiger partial charge >= 0.3 is 6.18 Å². The molecule has 0 bridgehead atoms. The van der Waals surface area contributed by atoms with Crippen LogP contribution in [0, 0.1) is 0 Å². The molecular formula is C17H15Cl2F3N6. The Hall–Kier alpha value is -2.78. The first-order valence-corrected chi connectivity index (χ1v) is 8.78. The second-order valence-corrected chi connectivity index (χ2v) is 5.99. The lowest BCUT2D eigenvalue weighted by Crippen LogP contribution is -2.05. The molecule has 0 radical (unpaired) electrons. The van der Waals surface area contributed by atoms with E-state index in [1.165, 1.54) is 18.3 Å². The topological polar surface area (TPSA) is 88.8 Å². The Kier molecular flexibility index (Phi) is 7.65. The van der Waals surface area contributed by atoms with Gasteiger partial charge in [0.2, 0.25) is 5.95 Å². The predicted molar refractivity (Wildman–Crippen MR) is 105 cm³/mol. The van der Waals surface area contributed by atoms with Crippen molar-refractivity contribution in [1.29, 1.82) is 0 Å². The van der Waals surface area contributed by atoms with E-state index >= 15 is 0 Å². The molecule has 0 unspecified atom stereocenters. The molecule has 0 saturated carbocycles. The molecule has 11 heteroatoms. The van der Waals surface area contributed by atoms with Gasteiger partial charge in [-0.2, -0.15) is 23.3 Å². The number of nitrogens with two attached hydrogens (primary N) is 1. The normalized spacial score (nSPS) is 10.6. The molecule has 1 heterocycles. The number of nitrogen functional groups attached to an aromatic ring is 1. The summed E-state index contributed by atoms with van der Waals surface area (Å²) in [6.07, 6.45) is -3.01. The number of aromatic nitrogens is 3. The zero-order chi connectivity index (χ0) is 20.6. The van der Waals surface area contributed by atoms with Gasteiger partial charge in [0.25, 0.3) is 0 Å². The van der Waals surface area contributed by atoms with Crippen molar-refractivity contribution in [2.75, 3.05) is 21.7 Å². The largest absolute Gasteiger partial charge is 0.416 e. The molecular weight excluding hydrogens is 416 g/mol. The summed E-state index contributed by atoms with van der Waals surface area (Å²) in [5, 5.41) is 13.6. The van der Waals surface area contributed by atoms with Gasteiger partial charge in [-0.15, -0.1) is 28.3 Å². The fourth-order valence-corrected chi connectivity index (χ4v) is 2.04. The van der Waals surface area contributed by atoms with Gasteiger partial charge in [-0.05, 0) is 36.4 Å². The first-order chi connectivity index (χ1) is 13.3. The lowest BCUT2D eigenvalue weighted by atomic mass is 10.2. The van der Waals surface area contributed by atoms with Gasteiger partial charge in [0.15, 0.2) is 5.82 Å². The van der Waals surface area contributed by atoms with Crippen LogP contribution in [0.25, 0.3) is 0 Å². The van der Waals surface area contributed by atoms with Crippen LogP contribution in [-0.4, -0.2) is 20.5 Å². The molecule has 0 aliphatic rings. The Morgan fingerprint density at radius 1 is 0.964 bits per heavy atom. The predicted octanol–water partition coefficient (Wildman–Crippen LogP) is 5.38. The number of hydrogen-bond donors (Lipinski definition) is 3. The maximum atomic E-state index is 12.6. The Morgan fingerprint density at radius 3 is 2.21 bits per heavy atom. The lowest BCUT2D eigenvalue weighted by molar-refractivity contribution is -0.137. The maximum Gasteiger partial charge on any atom is 0.416 e. The number of halogens is 5. The third-order valence-corrected chi connectivity index (χ3v) is 3.25. The quantitative estimate of drug-likeness (QED) is 0.380. The van der Waals surface area contributed by atoms with Crippen LogP contribution in [-0.2, 0) is 6.18 Å². The number of alkyl halides is 5. The molecule has 0 spiro atoms. The standard InChI is InChI=1S/C16H13F3N6.CH2Cl2/c17-16(18,19)10-5-7-11(8-6-10)22-14-9-21-25-15(24-14)23-13-4-2-1-3-12(13)20;2-1-3/h1-9H,20H2,(H2,22,23,24,25);1H2. The molecule has 1 aromatic heterocycles. The first kappa shape index (κ1) is 21.5. The van der Waals surface area contributed by atoms with Gasteiger partial charge in [0, 0.05) is 5.69 Å². The van der Waals surface area contributed by atoms with Gasteiger partial charge < -0.3 is 16.4 Å². The number of nitrogens with zero attached hydrogens (tertiary/aromatic N) is 3. The summed E-state index contributed by atoms with van der Waals surface area (Å²) in [5.41, 5.74) is 6.70. The van der Waals surface area contributed by atoms with Gasteiger partial charge in [-0.25, -0.2) is 0 Å². The summed E-state index contributed by atoms with van der Waals surface area (Å²) in [6.45, 7) is 0. The van der Waals surface area contributed by atoms with E-state index in [9.17, 15) is 13.2 Å². The molecule has 3 rings (SSSR count). The Balaban J connectivity index is 0.000000878. The third kappa shape index (κ3) is 6.43. The summed E-state index contributed by atoms with van der Waals surface area (Å²) >= 11 is 9.53. The Morgan fingerprint density at radius 2 is 1.61 bits per heavy atom. The minimum absolute atomic E-state index is 0.194. The van der Waals surface area contributed by atoms with E-state index in [0.717, 1.165) is 12.1 Å². The molecule has 148 valence electrons. The van der Waals surface area contributed by atoms with Crippen molar-refractivity contribution >= 4 is 52.0 Å². The van der Waals surface area contributed by atoms with Crippen molar-refractivity contribution in [3.63, 3.8) is 0 Å². The van der Waals surface area contributed by atoms with Gasteiger partial charge in [0.1, 0.15) is 0 Å². The van der Waals surface area contributed by atoms with Crippen molar-refractivity contribution in [3.05, 3.63) is 60.3 Å². The number of rotatable bonds is 4. The molecule has 0 aliphatic heterocycles. The molecule has 0 fully saturated rings. The second-order valence-electron chi connectivity index (χ2n) is 5.18. The number of para-hydroxylation sites is 2. The van der Waals surface area contributed by atoms with Crippen molar-refractivity contribution in [1.82, 2.24) is 15.2 Å². The average molecular weight is 431 g/mol. The van der Waals surface area contributed by atoms with Crippen molar-refractivity contribution in [2.24, 2.45) is 0 Å². The number of benzene rings is 2. The van der Waals surface area contributed by atoms with Crippen LogP contribution in [0.3, 0.4) is 0 Å². The monoisotopic (exact) mass is 430 g/mol. The van der Waals surface area contributed by atoms with Crippen LogP contribution in [0.4, 0.5) is 42.0 Å². The van der Waals surface area contributed by atoms with E-state index < -0.39 is 11.7 Å². The van der Waals surface area contributed by atoms with Crippen molar-refractivity contribution in [2.45, 2.75) is 6.18 Å². The summed E-state index contributed by atoms with van der Waals surface area (Å²) in [7, 11) is 0. The minimum atomic E-state index is -4.37. The van der Waals surface area contributed by atoms with Crippen LogP contribution in [0.1, 0.15) is 5.56 Å². The highest BCUT2D eigenvalue weighted by atomic mass is 35.5. The summed E-state index contributed by atoms with van der Waals surface area (Å²) in [5.74, 6) is 0.529. The van der Waals surface area contributed by atoms with Crippen LogP contribution >= 0.6 is 23.2 Å². The fourth-order valence-electron chi connectivity index (χ4n) is 2.04. The zero-order valence-electron chi connectivity index (χ0n) is 14.2. The SMILES string of the molecule is ClCCl.Nc1ccccc1Nc1nncc(Nc2ccc(C(F)(F)F)cc2)n1. The van der Waals surface area contributed by atoms with Crippen molar-refractivity contribution < 1.29 is 13.2 Å². The lowest BCUT2D eigenvalue weighted by Gasteiger charge is -2.10. The fraction of sp³-hybridized carbons (Fsp3) is 0.118. The van der Waals surface area contributed by atoms with Crippen LogP contribution in [0.15, 0.2) is 54.7 Å². The molecule has 2 aromatic carbocycles. The molecule has 0 saturated heterocycles.